The summed E-state index contributed by atoms with van der Waals surface area (Å²) in [5, 5.41) is 0. The van der Waals surface area contributed by atoms with Gasteiger partial charge in [0.2, 0.25) is 0 Å². The molecule has 0 amide bonds. The van der Waals surface area contributed by atoms with Gasteiger partial charge < -0.3 is 9.64 Å². The monoisotopic (exact) mass is 325 g/mol. The molecule has 2 fully saturated rings. The number of pyridine rings is 1. The Morgan fingerprint density at radius 2 is 2.08 bits per heavy atom. The van der Waals surface area contributed by atoms with E-state index in [2.05, 4.69) is 32.9 Å². The Balaban J connectivity index is 1.68. The molecule has 0 aromatic carbocycles. The third kappa shape index (κ3) is 3.12. The number of hydrogen-bond donors (Lipinski definition) is 0. The fraction of sp³-hybridized carbons (Fsp3) is 0.500. The fourth-order valence-electron chi connectivity index (χ4n) is 3.58. The van der Waals surface area contributed by atoms with Crippen LogP contribution in [-0.2, 0) is 4.74 Å². The van der Waals surface area contributed by atoms with Gasteiger partial charge in [0.25, 0.3) is 0 Å². The molecule has 4 heterocycles. The molecule has 126 valence electrons. The number of rotatable bonds is 2. The average molecular weight is 325 g/mol. The van der Waals surface area contributed by atoms with Gasteiger partial charge in [-0.3, -0.25) is 9.88 Å². The summed E-state index contributed by atoms with van der Waals surface area (Å²) in [6, 6.07) is 6.42. The van der Waals surface area contributed by atoms with Crippen molar-refractivity contribution in [3.8, 4) is 11.4 Å². The van der Waals surface area contributed by atoms with E-state index in [9.17, 15) is 0 Å². The van der Waals surface area contributed by atoms with Crippen LogP contribution in [0, 0.1) is 12.8 Å². The number of ether oxygens (including phenoxy) is 1. The van der Waals surface area contributed by atoms with Gasteiger partial charge in [0, 0.05) is 55.3 Å². The molecule has 0 spiro atoms. The van der Waals surface area contributed by atoms with Crippen LogP contribution in [0.3, 0.4) is 0 Å². The lowest BCUT2D eigenvalue weighted by Gasteiger charge is -2.30. The number of fused-ring (bicyclic) bond motifs is 3. The molecule has 24 heavy (non-hydrogen) atoms. The van der Waals surface area contributed by atoms with Gasteiger partial charge >= 0.3 is 0 Å². The van der Waals surface area contributed by atoms with Gasteiger partial charge in [-0.15, -0.1) is 0 Å². The third-order valence-corrected chi connectivity index (χ3v) is 4.83. The third-order valence-electron chi connectivity index (χ3n) is 4.83. The Morgan fingerprint density at radius 1 is 1.17 bits per heavy atom. The van der Waals surface area contributed by atoms with Crippen molar-refractivity contribution in [2.24, 2.45) is 5.92 Å². The van der Waals surface area contributed by atoms with Gasteiger partial charge in [0.15, 0.2) is 5.82 Å². The van der Waals surface area contributed by atoms with Crippen molar-refractivity contribution in [3.05, 3.63) is 36.3 Å². The van der Waals surface area contributed by atoms with E-state index in [0.29, 0.717) is 12.0 Å². The maximum absolute atomic E-state index is 5.82. The van der Waals surface area contributed by atoms with Crippen molar-refractivity contribution in [1.82, 2.24) is 19.9 Å². The molecule has 0 unspecified atom stereocenters. The highest BCUT2D eigenvalue weighted by Crippen LogP contribution is 2.25. The first-order valence-corrected chi connectivity index (χ1v) is 8.48. The first-order chi connectivity index (χ1) is 11.7. The number of aromatic nitrogens is 3. The second-order valence-electron chi connectivity index (χ2n) is 6.83. The van der Waals surface area contributed by atoms with Gasteiger partial charge in [0.05, 0.1) is 19.3 Å². The molecule has 2 aromatic heterocycles. The molecule has 2 bridgehead atoms. The maximum Gasteiger partial charge on any atom is 0.163 e. The number of likely N-dealkylation sites (N-methyl/N-ethyl adjacent to an activating group) is 1. The minimum absolute atomic E-state index is 0.412. The zero-order chi connectivity index (χ0) is 16.5. The predicted octanol–water partition coefficient (Wildman–Crippen LogP) is 1.61. The highest BCUT2D eigenvalue weighted by molar-refractivity contribution is 5.56. The van der Waals surface area contributed by atoms with Crippen LogP contribution in [0.2, 0.25) is 0 Å². The van der Waals surface area contributed by atoms with E-state index in [1.165, 1.54) is 0 Å². The predicted molar refractivity (Wildman–Crippen MR) is 92.9 cm³/mol. The topological polar surface area (TPSA) is 54.4 Å². The summed E-state index contributed by atoms with van der Waals surface area (Å²) in [4.78, 5) is 18.4. The lowest BCUT2D eigenvalue weighted by atomic mass is 10.1. The first kappa shape index (κ1) is 15.5. The molecular formula is C18H23N5O. The van der Waals surface area contributed by atoms with E-state index < -0.39 is 0 Å². The average Bonchev–Trinajstić information content (AvgIpc) is 2.83. The van der Waals surface area contributed by atoms with Crippen molar-refractivity contribution in [2.75, 3.05) is 44.8 Å². The molecule has 2 atom stereocenters. The lowest BCUT2D eigenvalue weighted by Crippen LogP contribution is -2.42. The smallest absolute Gasteiger partial charge is 0.163 e. The van der Waals surface area contributed by atoms with Crippen LogP contribution in [0.1, 0.15) is 5.69 Å². The molecule has 2 aromatic rings. The zero-order valence-corrected chi connectivity index (χ0v) is 14.2. The number of nitrogens with zero attached hydrogens (tertiary/aromatic N) is 5. The van der Waals surface area contributed by atoms with E-state index in [1.54, 1.807) is 6.20 Å². The molecule has 0 N–H and O–H groups in total. The van der Waals surface area contributed by atoms with Crippen molar-refractivity contribution < 1.29 is 4.74 Å². The van der Waals surface area contributed by atoms with Crippen LogP contribution in [0.15, 0.2) is 30.6 Å². The molecular weight excluding hydrogens is 302 g/mol. The standard InChI is InChI=1S/C18H23N5O/c1-13-6-17(21-18(20-13)15-4-3-5-19-7-15)23-9-14-8-22(2)16(10-23)12-24-11-14/h3-7,14,16H,8-12H2,1-2H3/t14-,16+/m1/s1. The van der Waals surface area contributed by atoms with E-state index in [-0.39, 0.29) is 0 Å². The van der Waals surface area contributed by atoms with Crippen LogP contribution < -0.4 is 4.90 Å². The first-order valence-electron chi connectivity index (χ1n) is 8.48. The molecule has 0 radical (unpaired) electrons. The van der Waals surface area contributed by atoms with Gasteiger partial charge in [-0.1, -0.05) is 0 Å². The summed E-state index contributed by atoms with van der Waals surface area (Å²) in [5.74, 6) is 2.27. The molecule has 0 aliphatic carbocycles. The summed E-state index contributed by atoms with van der Waals surface area (Å²) >= 11 is 0. The molecule has 0 saturated carbocycles. The molecule has 2 aliphatic rings. The van der Waals surface area contributed by atoms with Crippen molar-refractivity contribution >= 4 is 5.82 Å². The normalized spacial score (nSPS) is 24.7. The Bertz CT molecular complexity index is 708. The second-order valence-corrected chi connectivity index (χ2v) is 6.83. The summed E-state index contributed by atoms with van der Waals surface area (Å²) < 4.78 is 5.82. The highest BCUT2D eigenvalue weighted by Gasteiger charge is 2.32. The van der Waals surface area contributed by atoms with Gasteiger partial charge in [-0.25, -0.2) is 9.97 Å². The van der Waals surface area contributed by atoms with Crippen molar-refractivity contribution in [1.29, 1.82) is 0 Å². The molecule has 6 heteroatoms. The molecule has 2 aliphatic heterocycles. The van der Waals surface area contributed by atoms with Crippen molar-refractivity contribution in [3.63, 3.8) is 0 Å². The molecule has 2 saturated heterocycles. The summed E-state index contributed by atoms with van der Waals surface area (Å²) in [6.07, 6.45) is 3.59. The largest absolute Gasteiger partial charge is 0.379 e. The van der Waals surface area contributed by atoms with Crippen LogP contribution in [0.4, 0.5) is 5.82 Å². The molecule has 6 nitrogen and oxygen atoms in total. The quantitative estimate of drug-likeness (QED) is 0.836. The summed E-state index contributed by atoms with van der Waals surface area (Å²) in [7, 11) is 2.20. The van der Waals surface area contributed by atoms with Crippen molar-refractivity contribution in [2.45, 2.75) is 13.0 Å². The fourth-order valence-corrected chi connectivity index (χ4v) is 3.58. The Hall–Kier alpha value is -2.05. The Kier molecular flexibility index (Phi) is 4.16. The summed E-state index contributed by atoms with van der Waals surface area (Å²) in [6.45, 7) is 6.65. The van der Waals surface area contributed by atoms with Gasteiger partial charge in [-0.05, 0) is 26.1 Å². The van der Waals surface area contributed by atoms with E-state index in [0.717, 1.165) is 55.7 Å². The minimum Gasteiger partial charge on any atom is -0.379 e. The molecule has 4 rings (SSSR count). The number of hydrogen-bond acceptors (Lipinski definition) is 6. The minimum atomic E-state index is 0.412. The maximum atomic E-state index is 5.82. The lowest BCUT2D eigenvalue weighted by molar-refractivity contribution is 0.0930. The zero-order valence-electron chi connectivity index (χ0n) is 14.2. The van der Waals surface area contributed by atoms with Crippen LogP contribution in [0.5, 0.6) is 0 Å². The Labute approximate surface area is 142 Å². The van der Waals surface area contributed by atoms with E-state index >= 15 is 0 Å². The number of aryl methyl sites for hydroxylation is 1. The van der Waals surface area contributed by atoms with Gasteiger partial charge in [-0.2, -0.15) is 0 Å². The van der Waals surface area contributed by atoms with Gasteiger partial charge in [0.1, 0.15) is 5.82 Å². The Morgan fingerprint density at radius 3 is 2.92 bits per heavy atom. The number of anilines is 1. The summed E-state index contributed by atoms with van der Waals surface area (Å²) in [5.41, 5.74) is 1.94. The second kappa shape index (κ2) is 6.45. The van der Waals surface area contributed by atoms with E-state index in [1.807, 2.05) is 25.3 Å². The SMILES string of the molecule is Cc1cc(N2C[C@@H]3COC[C@H](C2)N(C)C3)nc(-c2cccnc2)n1. The van der Waals surface area contributed by atoms with Crippen LogP contribution in [-0.4, -0.2) is 65.8 Å². The van der Waals surface area contributed by atoms with E-state index in [4.69, 9.17) is 9.72 Å². The highest BCUT2D eigenvalue weighted by atomic mass is 16.5. The van der Waals surface area contributed by atoms with Crippen LogP contribution >= 0.6 is 0 Å². The van der Waals surface area contributed by atoms with Crippen LogP contribution in [0.25, 0.3) is 11.4 Å².